The van der Waals surface area contributed by atoms with E-state index in [1.165, 1.54) is 0 Å². The molecule has 0 aromatic rings. The Balaban J connectivity index is 4.97. The van der Waals surface area contributed by atoms with Crippen molar-refractivity contribution in [1.82, 2.24) is 0 Å². The number of ether oxygens (including phenoxy) is 1. The molecule has 0 rings (SSSR count). The fourth-order valence-electron chi connectivity index (χ4n) is 2.41. The van der Waals surface area contributed by atoms with Crippen LogP contribution in [0.15, 0.2) is 12.7 Å². The van der Waals surface area contributed by atoms with Crippen LogP contribution in [-0.2, 0) is 14.4 Å². The molecule has 0 radical (unpaired) electrons. The van der Waals surface area contributed by atoms with Gasteiger partial charge < -0.3 is 4.74 Å². The zero-order chi connectivity index (χ0) is 14.9. The van der Waals surface area contributed by atoms with Gasteiger partial charge in [0, 0.05) is 19.4 Å². The van der Waals surface area contributed by atoms with Crippen LogP contribution in [0.4, 0.5) is 0 Å². The largest absolute Gasteiger partial charge is 0.376 e. The molecule has 0 saturated heterocycles. The highest BCUT2D eigenvalue weighted by Gasteiger charge is 2.39. The second-order valence-electron chi connectivity index (χ2n) is 5.32. The summed E-state index contributed by atoms with van der Waals surface area (Å²) >= 11 is 0. The third kappa shape index (κ3) is 6.67. The molecule has 0 saturated carbocycles. The van der Waals surface area contributed by atoms with Crippen LogP contribution in [0.5, 0.6) is 0 Å². The summed E-state index contributed by atoms with van der Waals surface area (Å²) in [4.78, 5) is 11.8. The van der Waals surface area contributed by atoms with Gasteiger partial charge in [-0.2, -0.15) is 9.68 Å². The summed E-state index contributed by atoms with van der Waals surface area (Å²) in [5, 5.41) is 0. The lowest BCUT2D eigenvalue weighted by Gasteiger charge is -2.40. The van der Waals surface area contributed by atoms with Gasteiger partial charge in [-0.25, -0.2) is 0 Å². The van der Waals surface area contributed by atoms with E-state index in [2.05, 4.69) is 20.4 Å². The van der Waals surface area contributed by atoms with Crippen molar-refractivity contribution in [2.75, 3.05) is 19.8 Å². The fourth-order valence-corrected chi connectivity index (χ4v) is 3.32. The van der Waals surface area contributed by atoms with Gasteiger partial charge in [0.25, 0.3) is 0 Å². The number of rotatable bonds is 11. The van der Waals surface area contributed by atoms with Crippen LogP contribution in [0.2, 0.25) is 0 Å². The number of hydrogen-bond donors (Lipinski definition) is 0. The van der Waals surface area contributed by atoms with Gasteiger partial charge in [0.2, 0.25) is 0 Å². The molecular formula is C14H32NO3Si+. The molecule has 0 N–H and O–H groups in total. The second-order valence-corrected chi connectivity index (χ2v) is 6.57. The Labute approximate surface area is 121 Å². The molecule has 4 nitrogen and oxygen atoms in total. The minimum atomic E-state index is -0.176. The fraction of sp³-hybridized carbons (Fsp3) is 0.857. The first-order valence-corrected chi connectivity index (χ1v) is 8.14. The third-order valence-electron chi connectivity index (χ3n) is 3.14. The minimum absolute atomic E-state index is 0.176. The number of hydrogen-bond acceptors (Lipinski definition) is 3. The second kappa shape index (κ2) is 8.87. The molecule has 0 fully saturated rings. The monoisotopic (exact) mass is 290 g/mol. The third-order valence-corrected chi connectivity index (χ3v) is 4.38. The normalized spacial score (nSPS) is 14.6. The Morgan fingerprint density at radius 3 is 2.05 bits per heavy atom. The standard InChI is InChI=1S/C14H32NO3Si/c1-7-11-13(12-14(5,6)16-8-2)15(19,17-9-3)18-10-4/h7,13H,1,8-12H2,2-6,19H3/q+1. The number of hydroxylamine groups is 2. The van der Waals surface area contributed by atoms with Gasteiger partial charge in [0.1, 0.15) is 19.3 Å². The van der Waals surface area contributed by atoms with Crippen molar-refractivity contribution < 1.29 is 18.9 Å². The summed E-state index contributed by atoms with van der Waals surface area (Å²) in [6.07, 6.45) is 3.69. The van der Waals surface area contributed by atoms with Crippen molar-refractivity contribution in [1.29, 1.82) is 0 Å². The molecule has 5 heteroatoms. The lowest BCUT2D eigenvalue weighted by atomic mass is 9.97. The number of nitrogens with zero attached hydrogens (tertiary/aromatic N) is 1. The highest BCUT2D eigenvalue weighted by atomic mass is 28.2. The van der Waals surface area contributed by atoms with E-state index in [0.29, 0.717) is 13.2 Å². The molecule has 0 amide bonds. The van der Waals surface area contributed by atoms with Gasteiger partial charge in [-0.3, -0.25) is 0 Å². The summed E-state index contributed by atoms with van der Waals surface area (Å²) in [7, 11) is 0.772. The summed E-state index contributed by atoms with van der Waals surface area (Å²) in [5.41, 5.74) is -0.176. The van der Waals surface area contributed by atoms with E-state index >= 15 is 0 Å². The SMILES string of the molecule is C=CCC(CC(C)(C)OCC)[N+]([SiH3])(OCC)OCC. The smallest absolute Gasteiger partial charge is 0.309 e. The van der Waals surface area contributed by atoms with Crippen molar-refractivity contribution in [3.05, 3.63) is 12.7 Å². The van der Waals surface area contributed by atoms with Crippen molar-refractivity contribution in [2.45, 2.75) is 59.1 Å². The highest BCUT2D eigenvalue weighted by Crippen LogP contribution is 2.27. The summed E-state index contributed by atoms with van der Waals surface area (Å²) in [5.74, 6) is 0. The molecule has 0 bridgehead atoms. The van der Waals surface area contributed by atoms with Crippen LogP contribution in [-0.4, -0.2) is 46.3 Å². The first kappa shape index (κ1) is 18.8. The van der Waals surface area contributed by atoms with E-state index in [-0.39, 0.29) is 16.1 Å². The molecular weight excluding hydrogens is 258 g/mol. The maximum Gasteiger partial charge on any atom is 0.309 e. The lowest BCUT2D eigenvalue weighted by molar-refractivity contribution is -1.18. The molecule has 1 atom stereocenters. The highest BCUT2D eigenvalue weighted by molar-refractivity contribution is 5.96. The van der Waals surface area contributed by atoms with Gasteiger partial charge in [-0.05, 0) is 34.6 Å². The van der Waals surface area contributed by atoms with Crippen LogP contribution in [0.25, 0.3) is 0 Å². The van der Waals surface area contributed by atoms with E-state index in [4.69, 9.17) is 14.4 Å². The predicted molar refractivity (Wildman–Crippen MR) is 82.4 cm³/mol. The van der Waals surface area contributed by atoms with Crippen molar-refractivity contribution in [2.24, 2.45) is 0 Å². The summed E-state index contributed by atoms with van der Waals surface area (Å²) in [6.45, 7) is 16.1. The minimum Gasteiger partial charge on any atom is -0.376 e. The Bertz CT molecular complexity index is 253. The van der Waals surface area contributed by atoms with Gasteiger partial charge in [-0.1, -0.05) is 6.08 Å². The number of quaternary nitrogens is 1. The maximum absolute atomic E-state index is 5.88. The summed E-state index contributed by atoms with van der Waals surface area (Å²) in [6, 6.07) is 0.227. The van der Waals surface area contributed by atoms with E-state index in [1.807, 2.05) is 26.8 Å². The van der Waals surface area contributed by atoms with Gasteiger partial charge in [0.15, 0.2) is 0 Å². The average Bonchev–Trinajstić information content (AvgIpc) is 2.28. The molecule has 0 heterocycles. The van der Waals surface area contributed by atoms with E-state index < -0.39 is 0 Å². The van der Waals surface area contributed by atoms with Gasteiger partial charge in [0.05, 0.1) is 5.60 Å². The Morgan fingerprint density at radius 2 is 1.68 bits per heavy atom. The zero-order valence-electron chi connectivity index (χ0n) is 13.6. The molecule has 0 spiro atoms. The van der Waals surface area contributed by atoms with Crippen molar-refractivity contribution >= 4 is 10.4 Å². The molecule has 0 aromatic carbocycles. The van der Waals surface area contributed by atoms with Crippen LogP contribution >= 0.6 is 0 Å². The van der Waals surface area contributed by atoms with Gasteiger partial charge in [-0.15, -0.1) is 11.1 Å². The molecule has 19 heavy (non-hydrogen) atoms. The first-order valence-electron chi connectivity index (χ1n) is 7.25. The Kier molecular flexibility index (Phi) is 8.77. The topological polar surface area (TPSA) is 27.7 Å². The molecule has 0 aromatic heterocycles. The van der Waals surface area contributed by atoms with Crippen molar-refractivity contribution in [3.63, 3.8) is 0 Å². The lowest BCUT2D eigenvalue weighted by Crippen LogP contribution is -2.55. The van der Waals surface area contributed by atoms with Crippen LogP contribution in [0.3, 0.4) is 0 Å². The first-order chi connectivity index (χ1) is 8.85. The molecule has 0 aliphatic rings. The quantitative estimate of drug-likeness (QED) is 0.331. The Morgan fingerprint density at radius 1 is 1.16 bits per heavy atom. The molecule has 114 valence electrons. The predicted octanol–water partition coefficient (Wildman–Crippen LogP) is 2.14. The molecule has 0 aliphatic carbocycles. The van der Waals surface area contributed by atoms with Crippen LogP contribution in [0.1, 0.15) is 47.5 Å². The Hall–Kier alpha value is -0.203. The summed E-state index contributed by atoms with van der Waals surface area (Å²) < 4.78 is 6.10. The maximum atomic E-state index is 5.88. The van der Waals surface area contributed by atoms with E-state index in [1.54, 1.807) is 0 Å². The van der Waals surface area contributed by atoms with E-state index in [0.717, 1.165) is 29.9 Å². The van der Waals surface area contributed by atoms with Crippen molar-refractivity contribution in [3.8, 4) is 0 Å². The van der Waals surface area contributed by atoms with Gasteiger partial charge >= 0.3 is 10.4 Å². The van der Waals surface area contributed by atoms with E-state index in [9.17, 15) is 0 Å². The molecule has 0 aliphatic heterocycles. The van der Waals surface area contributed by atoms with Crippen LogP contribution in [0, 0.1) is 0 Å². The van der Waals surface area contributed by atoms with Crippen LogP contribution < -0.4 is 0 Å². The molecule has 1 unspecified atom stereocenters. The zero-order valence-corrected chi connectivity index (χ0v) is 15.6. The average molecular weight is 291 g/mol.